The van der Waals surface area contributed by atoms with E-state index in [-0.39, 0.29) is 23.8 Å². The van der Waals surface area contributed by atoms with Crippen molar-refractivity contribution >= 4 is 22.6 Å². The molecular formula is C30H27F2N5O4. The number of aromatic nitrogens is 4. The molecule has 41 heavy (non-hydrogen) atoms. The van der Waals surface area contributed by atoms with Crippen LogP contribution in [0.1, 0.15) is 28.4 Å². The zero-order valence-electron chi connectivity index (χ0n) is 22.6. The second-order valence-corrected chi connectivity index (χ2v) is 9.66. The summed E-state index contributed by atoms with van der Waals surface area (Å²) in [5.74, 6) is -0.830. The smallest absolute Gasteiger partial charge is 0.265 e. The first-order chi connectivity index (χ1) is 19.7. The Morgan fingerprint density at radius 2 is 1.88 bits per heavy atom. The largest absolute Gasteiger partial charge is 0.453 e. The highest BCUT2D eigenvalue weighted by atomic mass is 19.1. The first-order valence-corrected chi connectivity index (χ1v) is 12.8. The number of ether oxygens (including phenoxy) is 2. The number of rotatable bonds is 10. The zero-order valence-corrected chi connectivity index (χ0v) is 22.6. The van der Waals surface area contributed by atoms with E-state index in [1.165, 1.54) is 53.2 Å². The molecule has 5 aromatic rings. The number of hydrogen-bond acceptors (Lipinski definition) is 7. The number of pyridine rings is 2. The number of nitrogens with zero attached hydrogens (tertiary/aromatic N) is 3. The maximum Gasteiger partial charge on any atom is 0.265 e. The third-order valence-corrected chi connectivity index (χ3v) is 6.36. The number of ketones is 1. The normalized spacial score (nSPS) is 11.9. The molecule has 2 aromatic carbocycles. The van der Waals surface area contributed by atoms with E-state index in [0.29, 0.717) is 46.0 Å². The van der Waals surface area contributed by atoms with E-state index in [1.54, 1.807) is 32.4 Å². The molecule has 1 atom stereocenters. The summed E-state index contributed by atoms with van der Waals surface area (Å²) in [5, 5.41) is 10.8. The van der Waals surface area contributed by atoms with Crippen molar-refractivity contribution < 1.29 is 23.0 Å². The Labute approximate surface area is 233 Å². The van der Waals surface area contributed by atoms with Crippen LogP contribution in [0.15, 0.2) is 71.8 Å². The minimum atomic E-state index is -0.681. The van der Waals surface area contributed by atoms with Crippen molar-refractivity contribution in [1.29, 1.82) is 0 Å². The number of Topliss-reactive ketones (excluding diaryl/α,β-unsaturated/α-hetero) is 1. The fourth-order valence-corrected chi connectivity index (χ4v) is 4.49. The third-order valence-electron chi connectivity index (χ3n) is 6.36. The van der Waals surface area contributed by atoms with Gasteiger partial charge in [0.05, 0.1) is 12.2 Å². The molecule has 11 heteroatoms. The summed E-state index contributed by atoms with van der Waals surface area (Å²) in [7, 11) is 1.60. The standard InChI is InChI=1S/C30H27F2N5O4/c1-17-12-22(30(39)37(15-17)21-7-5-20(31)6-8-21)24(38)14-19-4-9-25(23(32)13-19)41-26-10-11-33-28-27(26)29(36-35-28)34-18(2)16-40-3/h4-13,15,18H,14,16H2,1-3H3,(H2,33,34,35,36)/t18-/m0/s1. The number of anilines is 1. The molecule has 5 rings (SSSR count). The molecule has 0 saturated heterocycles. The molecule has 0 bridgehead atoms. The molecule has 3 aromatic heterocycles. The maximum atomic E-state index is 15.2. The van der Waals surface area contributed by atoms with Gasteiger partial charge < -0.3 is 14.8 Å². The lowest BCUT2D eigenvalue weighted by atomic mass is 10.0. The van der Waals surface area contributed by atoms with E-state index >= 15 is 4.39 Å². The minimum Gasteiger partial charge on any atom is -0.453 e. The summed E-state index contributed by atoms with van der Waals surface area (Å²) in [4.78, 5) is 30.5. The lowest BCUT2D eigenvalue weighted by molar-refractivity contribution is 0.0991. The van der Waals surface area contributed by atoms with Gasteiger partial charge in [0.25, 0.3) is 5.56 Å². The van der Waals surface area contributed by atoms with Gasteiger partial charge in [0.1, 0.15) is 17.0 Å². The number of halogens is 2. The van der Waals surface area contributed by atoms with Crippen LogP contribution >= 0.6 is 0 Å². The van der Waals surface area contributed by atoms with Gasteiger partial charge >= 0.3 is 0 Å². The summed E-state index contributed by atoms with van der Waals surface area (Å²) in [6, 6.07) is 12.6. The number of aromatic amines is 1. The average Bonchev–Trinajstić information content (AvgIpc) is 3.35. The quantitative estimate of drug-likeness (QED) is 0.222. The summed E-state index contributed by atoms with van der Waals surface area (Å²) in [5.41, 5.74) is 1.34. The van der Waals surface area contributed by atoms with Gasteiger partial charge in [0, 0.05) is 43.7 Å². The van der Waals surface area contributed by atoms with Crippen molar-refractivity contribution in [1.82, 2.24) is 19.7 Å². The summed E-state index contributed by atoms with van der Waals surface area (Å²) in [6.07, 6.45) is 2.89. The maximum absolute atomic E-state index is 15.2. The first-order valence-electron chi connectivity index (χ1n) is 12.8. The van der Waals surface area contributed by atoms with Gasteiger partial charge in [0.15, 0.2) is 28.8 Å². The molecule has 0 aliphatic carbocycles. The summed E-state index contributed by atoms with van der Waals surface area (Å²) >= 11 is 0. The summed E-state index contributed by atoms with van der Waals surface area (Å²) in [6.45, 7) is 4.12. The number of carbonyl (C=O) groups excluding carboxylic acids is 1. The van der Waals surface area contributed by atoms with Crippen LogP contribution in [0.4, 0.5) is 14.6 Å². The number of aryl methyl sites for hydroxylation is 1. The number of nitrogens with one attached hydrogen (secondary N) is 2. The molecule has 210 valence electrons. The molecule has 0 unspecified atom stereocenters. The van der Waals surface area contributed by atoms with Gasteiger partial charge in [-0.15, -0.1) is 0 Å². The van der Waals surface area contributed by atoms with Crippen molar-refractivity contribution in [3.63, 3.8) is 0 Å². The van der Waals surface area contributed by atoms with Crippen molar-refractivity contribution in [2.45, 2.75) is 26.3 Å². The second kappa shape index (κ2) is 11.7. The Bertz CT molecular complexity index is 1780. The van der Waals surface area contributed by atoms with E-state index in [0.717, 1.165) is 0 Å². The number of benzene rings is 2. The first kappa shape index (κ1) is 27.7. The lowest BCUT2D eigenvalue weighted by Crippen LogP contribution is -2.26. The topological polar surface area (TPSA) is 111 Å². The van der Waals surface area contributed by atoms with Crippen molar-refractivity contribution in [2.75, 3.05) is 19.0 Å². The Morgan fingerprint density at radius 3 is 2.61 bits per heavy atom. The molecule has 0 saturated carbocycles. The fourth-order valence-electron chi connectivity index (χ4n) is 4.49. The van der Waals surface area contributed by atoms with Crippen LogP contribution in [0.25, 0.3) is 16.7 Å². The average molecular weight is 560 g/mol. The lowest BCUT2D eigenvalue weighted by Gasteiger charge is -2.14. The number of carbonyl (C=O) groups is 1. The van der Waals surface area contributed by atoms with Crippen LogP contribution in [0, 0.1) is 18.6 Å². The molecule has 9 nitrogen and oxygen atoms in total. The zero-order chi connectivity index (χ0) is 29.1. The SMILES string of the molecule is COC[C@H](C)Nc1n[nH]c2nccc(Oc3ccc(CC(=O)c4cc(C)cn(-c5ccc(F)cc5)c4=O)cc3F)c12. The van der Waals surface area contributed by atoms with Gasteiger partial charge in [-0.2, -0.15) is 5.10 Å². The number of methoxy groups -OCH3 is 1. The number of H-pyrrole nitrogens is 1. The van der Waals surface area contributed by atoms with Gasteiger partial charge in [-0.3, -0.25) is 19.3 Å². The molecule has 0 aliphatic rings. The Balaban J connectivity index is 1.37. The Hall–Kier alpha value is -4.90. The number of fused-ring (bicyclic) bond motifs is 1. The molecule has 3 heterocycles. The van der Waals surface area contributed by atoms with E-state index in [1.807, 2.05) is 6.92 Å². The summed E-state index contributed by atoms with van der Waals surface area (Å²) < 4.78 is 40.9. The fraction of sp³-hybridized carbons (Fsp3) is 0.200. The van der Waals surface area contributed by atoms with Crippen molar-refractivity contribution in [3.05, 3.63) is 106 Å². The predicted octanol–water partition coefficient (Wildman–Crippen LogP) is 5.36. The Kier molecular flexibility index (Phi) is 7.88. The molecule has 0 spiro atoms. The second-order valence-electron chi connectivity index (χ2n) is 9.66. The van der Waals surface area contributed by atoms with Crippen LogP contribution in [-0.2, 0) is 11.2 Å². The molecule has 0 fully saturated rings. The van der Waals surface area contributed by atoms with Gasteiger partial charge in [-0.05, 0) is 67.4 Å². The van der Waals surface area contributed by atoms with Crippen LogP contribution in [0.2, 0.25) is 0 Å². The molecule has 0 aliphatic heterocycles. The molecular weight excluding hydrogens is 532 g/mol. The molecule has 2 N–H and O–H groups in total. The van der Waals surface area contributed by atoms with Gasteiger partial charge in [-0.1, -0.05) is 6.07 Å². The highest BCUT2D eigenvalue weighted by Crippen LogP contribution is 2.34. The van der Waals surface area contributed by atoms with Gasteiger partial charge in [0.2, 0.25) is 0 Å². The molecule has 0 amide bonds. The van der Waals surface area contributed by atoms with Crippen molar-refractivity contribution in [3.8, 4) is 17.2 Å². The minimum absolute atomic E-state index is 0.0445. The van der Waals surface area contributed by atoms with Crippen LogP contribution < -0.4 is 15.6 Å². The Morgan fingerprint density at radius 1 is 1.10 bits per heavy atom. The predicted molar refractivity (Wildman–Crippen MR) is 150 cm³/mol. The monoisotopic (exact) mass is 559 g/mol. The number of hydrogen-bond donors (Lipinski definition) is 2. The highest BCUT2D eigenvalue weighted by Gasteiger charge is 2.19. The third kappa shape index (κ3) is 5.99. The van der Waals surface area contributed by atoms with E-state index in [4.69, 9.17) is 9.47 Å². The van der Waals surface area contributed by atoms with Crippen LogP contribution in [0.5, 0.6) is 11.5 Å². The van der Waals surface area contributed by atoms with E-state index in [2.05, 4.69) is 20.5 Å². The van der Waals surface area contributed by atoms with Crippen LogP contribution in [0.3, 0.4) is 0 Å². The van der Waals surface area contributed by atoms with Gasteiger partial charge in [-0.25, -0.2) is 13.8 Å². The van der Waals surface area contributed by atoms with Crippen molar-refractivity contribution in [2.24, 2.45) is 0 Å². The van der Waals surface area contributed by atoms with E-state index in [9.17, 15) is 14.0 Å². The highest BCUT2D eigenvalue weighted by molar-refractivity contribution is 5.97. The van der Waals surface area contributed by atoms with Crippen LogP contribution in [-0.4, -0.2) is 45.3 Å². The molecule has 0 radical (unpaired) electrons. The van der Waals surface area contributed by atoms with E-state index < -0.39 is 23.0 Å².